The van der Waals surface area contributed by atoms with Gasteiger partial charge in [-0.3, -0.25) is 0 Å². The van der Waals surface area contributed by atoms with Crippen LogP contribution in [-0.2, 0) is 0 Å². The molecule has 1 unspecified atom stereocenters. The van der Waals surface area contributed by atoms with Gasteiger partial charge in [0.2, 0.25) is 0 Å². The van der Waals surface area contributed by atoms with Gasteiger partial charge in [0.15, 0.2) is 0 Å². The lowest BCUT2D eigenvalue weighted by Crippen LogP contribution is -2.36. The fourth-order valence-electron chi connectivity index (χ4n) is 3.17. The van der Waals surface area contributed by atoms with E-state index >= 15 is 0 Å². The Kier molecular flexibility index (Phi) is 7.92. The van der Waals surface area contributed by atoms with E-state index in [1.807, 2.05) is 0 Å². The molecule has 0 radical (unpaired) electrons. The molecular weight excluding hydrogens is 206 g/mol. The molecule has 1 aliphatic carbocycles. The monoisotopic (exact) mass is 239 g/mol. The molecule has 1 saturated carbocycles. The average Bonchev–Trinajstić information content (AvgIpc) is 2.24. The maximum atomic E-state index is 3.76. The molecule has 1 fully saturated rings. The summed E-state index contributed by atoms with van der Waals surface area (Å²) in [6.07, 6.45) is 13.1. The lowest BCUT2D eigenvalue weighted by molar-refractivity contribution is 0.265. The Morgan fingerprint density at radius 3 is 2.06 bits per heavy atom. The van der Waals surface area contributed by atoms with Crippen molar-refractivity contribution in [1.29, 1.82) is 0 Å². The molecule has 0 amide bonds. The van der Waals surface area contributed by atoms with Crippen LogP contribution in [0.5, 0.6) is 0 Å². The molecule has 102 valence electrons. The second kappa shape index (κ2) is 8.97. The van der Waals surface area contributed by atoms with Crippen LogP contribution in [0.1, 0.15) is 78.6 Å². The first-order chi connectivity index (χ1) is 8.24. The summed E-state index contributed by atoms with van der Waals surface area (Å²) in [5.41, 5.74) is 0. The van der Waals surface area contributed by atoms with Crippen molar-refractivity contribution in [2.45, 2.75) is 84.6 Å². The highest BCUT2D eigenvalue weighted by Gasteiger charge is 2.21. The van der Waals surface area contributed by atoms with Crippen LogP contribution in [0, 0.1) is 11.8 Å². The molecule has 0 aromatic rings. The molecule has 1 nitrogen and oxygen atoms in total. The second-order valence-corrected chi connectivity index (χ2v) is 6.24. The van der Waals surface area contributed by atoms with Crippen molar-refractivity contribution in [1.82, 2.24) is 5.32 Å². The summed E-state index contributed by atoms with van der Waals surface area (Å²) < 4.78 is 0. The first kappa shape index (κ1) is 15.0. The second-order valence-electron chi connectivity index (χ2n) is 6.24. The van der Waals surface area contributed by atoms with Crippen molar-refractivity contribution in [3.05, 3.63) is 0 Å². The first-order valence-corrected chi connectivity index (χ1v) is 7.97. The summed E-state index contributed by atoms with van der Waals surface area (Å²) in [6.45, 7) is 8.09. The predicted molar refractivity (Wildman–Crippen MR) is 77.3 cm³/mol. The zero-order valence-electron chi connectivity index (χ0n) is 12.3. The van der Waals surface area contributed by atoms with Crippen molar-refractivity contribution in [2.75, 3.05) is 6.54 Å². The van der Waals surface area contributed by atoms with Crippen LogP contribution in [-0.4, -0.2) is 12.6 Å². The quantitative estimate of drug-likeness (QED) is 0.704. The SMILES string of the molecule is CCNC(CCC(C)C)C1CCCCCCC1. The summed E-state index contributed by atoms with van der Waals surface area (Å²) in [5.74, 6) is 1.80. The third-order valence-electron chi connectivity index (χ3n) is 4.24. The third kappa shape index (κ3) is 6.45. The predicted octanol–water partition coefficient (Wildman–Crippen LogP) is 4.76. The maximum Gasteiger partial charge on any atom is 0.00953 e. The van der Waals surface area contributed by atoms with Crippen LogP contribution in [0.4, 0.5) is 0 Å². The molecule has 0 aliphatic heterocycles. The number of rotatable bonds is 6. The fourth-order valence-corrected chi connectivity index (χ4v) is 3.17. The van der Waals surface area contributed by atoms with Crippen molar-refractivity contribution < 1.29 is 0 Å². The highest BCUT2D eigenvalue weighted by Crippen LogP contribution is 2.27. The molecule has 0 aromatic carbocycles. The normalized spacial score (nSPS) is 21.2. The number of hydrogen-bond acceptors (Lipinski definition) is 1. The molecular formula is C16H33N. The van der Waals surface area contributed by atoms with Gasteiger partial charge >= 0.3 is 0 Å². The summed E-state index contributed by atoms with van der Waals surface area (Å²) in [7, 11) is 0. The van der Waals surface area contributed by atoms with Gasteiger partial charge in [0.1, 0.15) is 0 Å². The summed E-state index contributed by atoms with van der Waals surface area (Å²) >= 11 is 0. The smallest absolute Gasteiger partial charge is 0.00953 e. The average molecular weight is 239 g/mol. The van der Waals surface area contributed by atoms with Crippen LogP contribution in [0.3, 0.4) is 0 Å². The molecule has 0 bridgehead atoms. The van der Waals surface area contributed by atoms with Gasteiger partial charge in [0.05, 0.1) is 0 Å². The minimum atomic E-state index is 0.792. The van der Waals surface area contributed by atoms with E-state index in [1.165, 1.54) is 57.8 Å². The Hall–Kier alpha value is -0.0400. The minimum Gasteiger partial charge on any atom is -0.314 e. The van der Waals surface area contributed by atoms with Crippen molar-refractivity contribution in [2.24, 2.45) is 11.8 Å². The van der Waals surface area contributed by atoms with Crippen molar-refractivity contribution >= 4 is 0 Å². The molecule has 1 rings (SSSR count). The van der Waals surface area contributed by atoms with Gasteiger partial charge in [-0.1, -0.05) is 52.9 Å². The molecule has 1 aliphatic rings. The Labute approximate surface area is 109 Å². The topological polar surface area (TPSA) is 12.0 Å². The van der Waals surface area contributed by atoms with E-state index in [2.05, 4.69) is 26.1 Å². The van der Waals surface area contributed by atoms with E-state index in [1.54, 1.807) is 0 Å². The highest BCUT2D eigenvalue weighted by atomic mass is 14.9. The zero-order chi connectivity index (χ0) is 12.5. The Bertz CT molecular complexity index is 168. The minimum absolute atomic E-state index is 0.792. The standard InChI is InChI=1S/C16H33N/c1-4-17-16(13-12-14(2)3)15-10-8-6-5-7-9-11-15/h14-17H,4-13H2,1-3H3. The van der Waals surface area contributed by atoms with Crippen LogP contribution >= 0.6 is 0 Å². The zero-order valence-corrected chi connectivity index (χ0v) is 12.3. The van der Waals surface area contributed by atoms with Gasteiger partial charge in [0.25, 0.3) is 0 Å². The van der Waals surface area contributed by atoms with E-state index in [0.29, 0.717) is 0 Å². The van der Waals surface area contributed by atoms with E-state index < -0.39 is 0 Å². The molecule has 1 atom stereocenters. The molecule has 1 N–H and O–H groups in total. The van der Waals surface area contributed by atoms with Gasteiger partial charge < -0.3 is 5.32 Å². The van der Waals surface area contributed by atoms with Gasteiger partial charge in [-0.2, -0.15) is 0 Å². The van der Waals surface area contributed by atoms with Crippen LogP contribution in [0.25, 0.3) is 0 Å². The molecule has 0 heterocycles. The summed E-state index contributed by atoms with van der Waals surface area (Å²) in [5, 5.41) is 3.76. The molecule has 0 aromatic heterocycles. The highest BCUT2D eigenvalue weighted by molar-refractivity contribution is 4.78. The first-order valence-electron chi connectivity index (χ1n) is 7.97. The molecule has 0 spiro atoms. The maximum absolute atomic E-state index is 3.76. The number of hydrogen-bond donors (Lipinski definition) is 1. The van der Waals surface area contributed by atoms with Crippen LogP contribution in [0.2, 0.25) is 0 Å². The van der Waals surface area contributed by atoms with E-state index in [0.717, 1.165) is 24.4 Å². The third-order valence-corrected chi connectivity index (χ3v) is 4.24. The summed E-state index contributed by atoms with van der Waals surface area (Å²) in [6, 6.07) is 0.792. The van der Waals surface area contributed by atoms with Gasteiger partial charge in [-0.15, -0.1) is 0 Å². The molecule has 17 heavy (non-hydrogen) atoms. The summed E-state index contributed by atoms with van der Waals surface area (Å²) in [4.78, 5) is 0. The van der Waals surface area contributed by atoms with Gasteiger partial charge in [-0.05, 0) is 44.1 Å². The van der Waals surface area contributed by atoms with Gasteiger partial charge in [-0.25, -0.2) is 0 Å². The van der Waals surface area contributed by atoms with E-state index in [9.17, 15) is 0 Å². The molecule has 1 heteroatoms. The van der Waals surface area contributed by atoms with Crippen LogP contribution < -0.4 is 5.32 Å². The van der Waals surface area contributed by atoms with Crippen LogP contribution in [0.15, 0.2) is 0 Å². The lowest BCUT2D eigenvalue weighted by atomic mass is 9.83. The lowest BCUT2D eigenvalue weighted by Gasteiger charge is -2.30. The van der Waals surface area contributed by atoms with Gasteiger partial charge in [0, 0.05) is 6.04 Å². The Balaban J connectivity index is 2.41. The van der Waals surface area contributed by atoms with E-state index in [-0.39, 0.29) is 0 Å². The van der Waals surface area contributed by atoms with E-state index in [4.69, 9.17) is 0 Å². The Morgan fingerprint density at radius 1 is 0.941 bits per heavy atom. The van der Waals surface area contributed by atoms with Crippen molar-refractivity contribution in [3.8, 4) is 0 Å². The van der Waals surface area contributed by atoms with Crippen molar-refractivity contribution in [3.63, 3.8) is 0 Å². The largest absolute Gasteiger partial charge is 0.314 e. The fraction of sp³-hybridized carbons (Fsp3) is 1.00. The molecule has 0 saturated heterocycles. The number of nitrogens with one attached hydrogen (secondary N) is 1. The Morgan fingerprint density at radius 2 is 1.53 bits per heavy atom.